The Bertz CT molecular complexity index is 924. The largest absolute Gasteiger partial charge is 0.346 e. The van der Waals surface area contributed by atoms with Crippen molar-refractivity contribution in [3.05, 3.63) is 57.5 Å². The lowest BCUT2D eigenvalue weighted by atomic mass is 10.3. The van der Waals surface area contributed by atoms with Crippen LogP contribution in [0.3, 0.4) is 0 Å². The van der Waals surface area contributed by atoms with Crippen LogP contribution >= 0.6 is 47.0 Å². The summed E-state index contributed by atoms with van der Waals surface area (Å²) in [7, 11) is -3.55. The van der Waals surface area contributed by atoms with Crippen molar-refractivity contribution in [3.8, 4) is 0 Å². The first-order chi connectivity index (χ1) is 12.8. The fraction of sp³-hybridized carbons (Fsp3) is 0.235. The van der Waals surface area contributed by atoms with E-state index in [1.165, 1.54) is 16.4 Å². The molecule has 0 radical (unpaired) electrons. The highest BCUT2D eigenvalue weighted by molar-refractivity contribution is 7.89. The van der Waals surface area contributed by atoms with E-state index in [1.807, 2.05) is 4.90 Å². The van der Waals surface area contributed by atoms with E-state index in [-0.39, 0.29) is 4.90 Å². The Morgan fingerprint density at radius 1 is 0.889 bits per heavy atom. The van der Waals surface area contributed by atoms with E-state index in [0.29, 0.717) is 52.0 Å². The maximum Gasteiger partial charge on any atom is 0.243 e. The summed E-state index contributed by atoms with van der Waals surface area (Å²) in [6, 6.07) is 11.2. The quantitative estimate of drug-likeness (QED) is 0.684. The first kappa shape index (κ1) is 20.6. The Hall–Kier alpha value is -1.09. The Morgan fingerprint density at radius 3 is 2.00 bits per heavy atom. The van der Waals surface area contributed by atoms with Crippen molar-refractivity contribution in [3.63, 3.8) is 0 Å². The van der Waals surface area contributed by atoms with Crippen LogP contribution in [0.5, 0.6) is 0 Å². The number of nitrogens with zero attached hydrogens (tertiary/aromatic N) is 2. The standard InChI is InChI=1S/C17H16Cl3N3O2S2/c18-12-1-3-16(4-2-12)27(24,25)23-7-5-22(6-8-23)17(26)21-15-10-13(19)9-14(20)11-15/h1-4,9-11H,5-8H2,(H,21,26). The number of thiocarbonyl (C=S) groups is 1. The molecule has 0 bridgehead atoms. The average molecular weight is 465 g/mol. The van der Waals surface area contributed by atoms with Crippen molar-refractivity contribution >= 4 is 67.8 Å². The first-order valence-electron chi connectivity index (χ1n) is 8.03. The molecule has 0 amide bonds. The number of anilines is 1. The van der Waals surface area contributed by atoms with Crippen LogP contribution in [-0.4, -0.2) is 48.9 Å². The van der Waals surface area contributed by atoms with Gasteiger partial charge in [0.25, 0.3) is 0 Å². The highest BCUT2D eigenvalue weighted by atomic mass is 35.5. The van der Waals surface area contributed by atoms with Gasteiger partial charge in [-0.1, -0.05) is 34.8 Å². The van der Waals surface area contributed by atoms with E-state index in [0.717, 1.165) is 0 Å². The lowest BCUT2D eigenvalue weighted by molar-refractivity contribution is 0.268. The Labute approximate surface area is 178 Å². The van der Waals surface area contributed by atoms with E-state index >= 15 is 0 Å². The van der Waals surface area contributed by atoms with E-state index < -0.39 is 10.0 Å². The molecule has 0 aliphatic carbocycles. The van der Waals surface area contributed by atoms with Gasteiger partial charge in [-0.25, -0.2) is 8.42 Å². The highest BCUT2D eigenvalue weighted by Crippen LogP contribution is 2.23. The molecule has 10 heteroatoms. The molecule has 0 unspecified atom stereocenters. The second-order valence-corrected chi connectivity index (χ2v) is 9.57. The maximum atomic E-state index is 12.7. The summed E-state index contributed by atoms with van der Waals surface area (Å²) in [4.78, 5) is 2.15. The number of hydrogen-bond acceptors (Lipinski definition) is 3. The van der Waals surface area contributed by atoms with Crippen molar-refractivity contribution in [2.24, 2.45) is 0 Å². The molecule has 27 heavy (non-hydrogen) atoms. The first-order valence-corrected chi connectivity index (χ1v) is 11.0. The number of sulfonamides is 1. The molecule has 0 spiro atoms. The summed E-state index contributed by atoms with van der Waals surface area (Å²) in [6.45, 7) is 1.63. The van der Waals surface area contributed by atoms with Gasteiger partial charge < -0.3 is 10.2 Å². The van der Waals surface area contributed by atoms with Gasteiger partial charge in [0.1, 0.15) is 0 Å². The molecule has 0 atom stereocenters. The van der Waals surface area contributed by atoms with Crippen LogP contribution in [0.15, 0.2) is 47.4 Å². The minimum Gasteiger partial charge on any atom is -0.346 e. The second-order valence-electron chi connectivity index (χ2n) is 5.93. The van der Waals surface area contributed by atoms with Crippen molar-refractivity contribution in [2.45, 2.75) is 4.90 Å². The second kappa shape index (κ2) is 8.51. The van der Waals surface area contributed by atoms with Gasteiger partial charge in [0.15, 0.2) is 5.11 Å². The SMILES string of the molecule is O=S(=O)(c1ccc(Cl)cc1)N1CCN(C(=S)Nc2cc(Cl)cc(Cl)c2)CC1. The molecular formula is C17H16Cl3N3O2S2. The van der Waals surface area contributed by atoms with Gasteiger partial charge in [-0.3, -0.25) is 0 Å². The van der Waals surface area contributed by atoms with Gasteiger partial charge in [-0.05, 0) is 54.7 Å². The zero-order valence-electron chi connectivity index (χ0n) is 14.0. The van der Waals surface area contributed by atoms with Crippen LogP contribution in [0.25, 0.3) is 0 Å². The summed E-state index contributed by atoms with van der Waals surface area (Å²) in [5, 5.41) is 5.10. The number of piperazine rings is 1. The van der Waals surface area contributed by atoms with Crippen LogP contribution < -0.4 is 5.32 Å². The van der Waals surface area contributed by atoms with Gasteiger partial charge in [0.05, 0.1) is 4.90 Å². The molecule has 1 N–H and O–H groups in total. The van der Waals surface area contributed by atoms with Crippen LogP contribution in [0, 0.1) is 0 Å². The third kappa shape index (κ3) is 5.04. The molecule has 1 fully saturated rings. The number of benzene rings is 2. The molecule has 1 saturated heterocycles. The van der Waals surface area contributed by atoms with Gasteiger partial charge in [-0.15, -0.1) is 0 Å². The molecule has 2 aromatic rings. The minimum absolute atomic E-state index is 0.231. The lowest BCUT2D eigenvalue weighted by Crippen LogP contribution is -2.51. The van der Waals surface area contributed by atoms with E-state index in [2.05, 4.69) is 5.32 Å². The summed E-state index contributed by atoms with van der Waals surface area (Å²) in [5.41, 5.74) is 0.689. The third-order valence-electron chi connectivity index (χ3n) is 4.09. The number of rotatable bonds is 3. The van der Waals surface area contributed by atoms with Crippen LogP contribution in [0.4, 0.5) is 5.69 Å². The predicted molar refractivity (Wildman–Crippen MR) is 114 cm³/mol. The minimum atomic E-state index is -3.55. The van der Waals surface area contributed by atoms with E-state index in [9.17, 15) is 8.42 Å². The van der Waals surface area contributed by atoms with Crippen LogP contribution in [0.2, 0.25) is 15.1 Å². The fourth-order valence-electron chi connectivity index (χ4n) is 2.72. The predicted octanol–water partition coefficient (Wildman–Crippen LogP) is 4.35. The van der Waals surface area contributed by atoms with Gasteiger partial charge in [-0.2, -0.15) is 4.31 Å². The van der Waals surface area contributed by atoms with E-state index in [1.54, 1.807) is 30.3 Å². The molecular weight excluding hydrogens is 449 g/mol. The van der Waals surface area contributed by atoms with Crippen molar-refractivity contribution in [1.29, 1.82) is 0 Å². The molecule has 3 rings (SSSR count). The molecule has 1 aliphatic heterocycles. The molecule has 2 aromatic carbocycles. The van der Waals surface area contributed by atoms with Crippen LogP contribution in [-0.2, 0) is 10.0 Å². The van der Waals surface area contributed by atoms with Crippen molar-refractivity contribution in [1.82, 2.24) is 9.21 Å². The summed E-state index contributed by atoms with van der Waals surface area (Å²) < 4.78 is 26.9. The Morgan fingerprint density at radius 2 is 1.44 bits per heavy atom. The zero-order chi connectivity index (χ0) is 19.6. The zero-order valence-corrected chi connectivity index (χ0v) is 17.9. The summed E-state index contributed by atoms with van der Waals surface area (Å²) in [5.74, 6) is 0. The summed E-state index contributed by atoms with van der Waals surface area (Å²) in [6.07, 6.45) is 0. The van der Waals surface area contributed by atoms with Crippen LogP contribution in [0.1, 0.15) is 0 Å². The van der Waals surface area contributed by atoms with Gasteiger partial charge in [0.2, 0.25) is 10.0 Å². The highest BCUT2D eigenvalue weighted by Gasteiger charge is 2.29. The molecule has 1 heterocycles. The molecule has 0 saturated carbocycles. The third-order valence-corrected chi connectivity index (χ3v) is 7.05. The molecule has 144 valence electrons. The van der Waals surface area contributed by atoms with Gasteiger partial charge >= 0.3 is 0 Å². The number of halogens is 3. The smallest absolute Gasteiger partial charge is 0.243 e. The molecule has 0 aromatic heterocycles. The maximum absolute atomic E-state index is 12.7. The number of hydrogen-bond donors (Lipinski definition) is 1. The van der Waals surface area contributed by atoms with E-state index in [4.69, 9.17) is 47.0 Å². The Balaban J connectivity index is 1.62. The average Bonchev–Trinajstić information content (AvgIpc) is 2.61. The topological polar surface area (TPSA) is 52.7 Å². The summed E-state index contributed by atoms with van der Waals surface area (Å²) >= 11 is 23.3. The Kier molecular flexibility index (Phi) is 6.50. The fourth-order valence-corrected chi connectivity index (χ4v) is 5.09. The van der Waals surface area contributed by atoms with Gasteiger partial charge in [0, 0.05) is 46.9 Å². The number of nitrogens with one attached hydrogen (secondary N) is 1. The molecule has 5 nitrogen and oxygen atoms in total. The molecule has 1 aliphatic rings. The lowest BCUT2D eigenvalue weighted by Gasteiger charge is -2.35. The van der Waals surface area contributed by atoms with Crippen molar-refractivity contribution < 1.29 is 8.42 Å². The van der Waals surface area contributed by atoms with Crippen molar-refractivity contribution in [2.75, 3.05) is 31.5 Å². The monoisotopic (exact) mass is 463 g/mol. The normalized spacial score (nSPS) is 15.6.